The van der Waals surface area contributed by atoms with Crippen molar-refractivity contribution in [3.8, 4) is 0 Å². The molecule has 0 saturated heterocycles. The summed E-state index contributed by atoms with van der Waals surface area (Å²) in [5, 5.41) is 0. The Morgan fingerprint density at radius 2 is 1.73 bits per heavy atom. The normalized spacial score (nSPS) is 39.3. The van der Waals surface area contributed by atoms with Gasteiger partial charge in [-0.1, -0.05) is 59.3 Å². The van der Waals surface area contributed by atoms with Gasteiger partial charge in [-0.15, -0.1) is 0 Å². The number of hydrogen-bond donors (Lipinski definition) is 0. The van der Waals surface area contributed by atoms with Gasteiger partial charge in [0.05, 0.1) is 0 Å². The predicted octanol–water partition coefficient (Wildman–Crippen LogP) is 4.47. The van der Waals surface area contributed by atoms with Crippen molar-refractivity contribution in [2.24, 2.45) is 0 Å². The van der Waals surface area contributed by atoms with Gasteiger partial charge in [-0.05, 0) is 43.1 Å². The lowest BCUT2D eigenvalue weighted by molar-refractivity contribution is 0.332. The molecule has 0 nitrogen and oxygen atoms in total. The van der Waals surface area contributed by atoms with E-state index in [1.54, 1.807) is 5.56 Å². The molecule has 0 radical (unpaired) electrons. The number of hydrogen-bond acceptors (Lipinski definition) is 0. The molecule has 0 aromatic heterocycles. The minimum absolute atomic E-state index is 0.542. The van der Waals surface area contributed by atoms with Crippen molar-refractivity contribution < 1.29 is 0 Å². The number of fused-ring (bicyclic) bond motifs is 2. The molecule has 2 fully saturated rings. The summed E-state index contributed by atoms with van der Waals surface area (Å²) in [6.07, 6.45) is 8.56. The summed E-state index contributed by atoms with van der Waals surface area (Å²) in [4.78, 5) is 0. The van der Waals surface area contributed by atoms with Gasteiger partial charge in [-0.25, -0.2) is 0 Å². The topological polar surface area (TPSA) is 0 Å². The zero-order chi connectivity index (χ0) is 10.4. The average molecular weight is 312 g/mol. The highest BCUT2D eigenvalue weighted by Crippen LogP contribution is 2.58. The van der Waals surface area contributed by atoms with Gasteiger partial charge in [0.2, 0.25) is 0 Å². The first-order chi connectivity index (χ1) is 7.23. The Balaban J connectivity index is 1.99. The highest BCUT2D eigenvalue weighted by molar-refractivity contribution is 14.1. The van der Waals surface area contributed by atoms with Crippen LogP contribution >= 0.6 is 22.6 Å². The van der Waals surface area contributed by atoms with Crippen LogP contribution < -0.4 is 0 Å². The number of rotatable bonds is 1. The van der Waals surface area contributed by atoms with Crippen LogP contribution in [0.2, 0.25) is 0 Å². The van der Waals surface area contributed by atoms with Crippen LogP contribution in [0.1, 0.15) is 44.1 Å². The Hall–Kier alpha value is -0.0500. The van der Waals surface area contributed by atoms with E-state index in [0.29, 0.717) is 8.84 Å². The molecule has 1 aromatic rings. The van der Waals surface area contributed by atoms with Crippen molar-refractivity contribution in [3.05, 3.63) is 35.9 Å². The maximum absolute atomic E-state index is 2.73. The Kier molecular flexibility index (Phi) is 2.35. The van der Waals surface area contributed by atoms with E-state index < -0.39 is 0 Å². The second-order valence-electron chi connectivity index (χ2n) is 5.33. The van der Waals surface area contributed by atoms with Crippen LogP contribution in [0, 0.1) is 0 Å². The molecule has 0 heterocycles. The highest BCUT2D eigenvalue weighted by atomic mass is 127. The van der Waals surface area contributed by atoms with Crippen LogP contribution in [0.15, 0.2) is 30.3 Å². The third-order valence-electron chi connectivity index (χ3n) is 4.37. The molecule has 0 unspecified atom stereocenters. The van der Waals surface area contributed by atoms with E-state index >= 15 is 0 Å². The van der Waals surface area contributed by atoms with Gasteiger partial charge >= 0.3 is 0 Å². The summed E-state index contributed by atoms with van der Waals surface area (Å²) in [7, 11) is 0. The van der Waals surface area contributed by atoms with E-state index in [9.17, 15) is 0 Å². The van der Waals surface area contributed by atoms with E-state index in [4.69, 9.17) is 0 Å². The van der Waals surface area contributed by atoms with Crippen LogP contribution in [0.25, 0.3) is 0 Å². The first kappa shape index (κ1) is 10.1. The molecule has 1 heteroatoms. The molecule has 2 saturated carbocycles. The van der Waals surface area contributed by atoms with Crippen LogP contribution in [-0.2, 0) is 5.41 Å². The fourth-order valence-corrected chi connectivity index (χ4v) is 4.98. The zero-order valence-electron chi connectivity index (χ0n) is 9.01. The number of benzene rings is 1. The summed E-state index contributed by atoms with van der Waals surface area (Å²) in [5.74, 6) is 0. The maximum atomic E-state index is 2.73. The summed E-state index contributed by atoms with van der Waals surface area (Å²) in [6, 6.07) is 11.2. The van der Waals surface area contributed by atoms with Crippen molar-refractivity contribution in [1.29, 1.82) is 0 Å². The van der Waals surface area contributed by atoms with E-state index in [0.717, 1.165) is 0 Å². The summed E-state index contributed by atoms with van der Waals surface area (Å²) < 4.78 is 0.631. The van der Waals surface area contributed by atoms with Gasteiger partial charge in [-0.3, -0.25) is 0 Å². The largest absolute Gasteiger partial charge is 0.0788 e. The maximum Gasteiger partial charge on any atom is 0.0231 e. The Morgan fingerprint density at radius 3 is 2.53 bits per heavy atom. The molecule has 0 N–H and O–H groups in total. The molecule has 3 rings (SSSR count). The third-order valence-corrected chi connectivity index (χ3v) is 5.83. The fraction of sp³-hybridized carbons (Fsp3) is 0.571. The molecule has 0 spiro atoms. The van der Waals surface area contributed by atoms with Gasteiger partial charge in [0.15, 0.2) is 0 Å². The van der Waals surface area contributed by atoms with Gasteiger partial charge < -0.3 is 0 Å². The monoisotopic (exact) mass is 312 g/mol. The van der Waals surface area contributed by atoms with Crippen molar-refractivity contribution in [2.45, 2.75) is 47.4 Å². The van der Waals surface area contributed by atoms with Gasteiger partial charge in [0.25, 0.3) is 0 Å². The van der Waals surface area contributed by atoms with Crippen molar-refractivity contribution in [2.75, 3.05) is 0 Å². The fourth-order valence-electron chi connectivity index (χ4n) is 3.60. The second kappa shape index (κ2) is 3.47. The Bertz CT molecular complexity index is 359. The van der Waals surface area contributed by atoms with Crippen molar-refractivity contribution in [1.82, 2.24) is 0 Å². The summed E-state index contributed by atoms with van der Waals surface area (Å²) in [5.41, 5.74) is 2.14. The van der Waals surface area contributed by atoms with Crippen molar-refractivity contribution in [3.63, 3.8) is 0 Å². The standard InChI is InChI=1S/C14H17I/c15-14-8-4-7-13(11-14,9-10-14)12-5-2-1-3-6-12/h1-3,5-6H,4,7-11H2/t13-,14+/m0/s1. The van der Waals surface area contributed by atoms with Gasteiger partial charge in [0.1, 0.15) is 0 Å². The SMILES string of the molecule is I[C@]12CCC[C@](c3ccccc3)(CC1)C2. The minimum Gasteiger partial charge on any atom is -0.0788 e. The average Bonchev–Trinajstić information content (AvgIpc) is 2.52. The summed E-state index contributed by atoms with van der Waals surface area (Å²) in [6.45, 7) is 0. The summed E-state index contributed by atoms with van der Waals surface area (Å²) >= 11 is 2.73. The van der Waals surface area contributed by atoms with Gasteiger partial charge in [0, 0.05) is 3.42 Å². The van der Waals surface area contributed by atoms with E-state index in [1.807, 2.05) is 0 Å². The third kappa shape index (κ3) is 1.63. The molecular formula is C14H17I. The smallest absolute Gasteiger partial charge is 0.0231 e. The lowest BCUT2D eigenvalue weighted by Crippen LogP contribution is -2.31. The predicted molar refractivity (Wildman–Crippen MR) is 72.6 cm³/mol. The van der Waals surface area contributed by atoms with Crippen LogP contribution in [-0.4, -0.2) is 3.42 Å². The Labute approximate surface area is 106 Å². The van der Waals surface area contributed by atoms with E-state index in [2.05, 4.69) is 52.9 Å². The minimum atomic E-state index is 0.542. The van der Waals surface area contributed by atoms with Crippen LogP contribution in [0.4, 0.5) is 0 Å². The van der Waals surface area contributed by atoms with Crippen LogP contribution in [0.5, 0.6) is 0 Å². The molecule has 2 aliphatic carbocycles. The molecule has 1 aromatic carbocycles. The first-order valence-corrected chi connectivity index (χ1v) is 7.05. The molecule has 0 aliphatic heterocycles. The highest BCUT2D eigenvalue weighted by Gasteiger charge is 2.50. The molecular weight excluding hydrogens is 295 g/mol. The van der Waals surface area contributed by atoms with Crippen molar-refractivity contribution >= 4 is 22.6 Å². The Morgan fingerprint density at radius 1 is 0.933 bits per heavy atom. The zero-order valence-corrected chi connectivity index (χ0v) is 11.2. The number of halogens is 1. The van der Waals surface area contributed by atoms with Gasteiger partial charge in [-0.2, -0.15) is 0 Å². The molecule has 2 aliphatic rings. The lowest BCUT2D eigenvalue weighted by Gasteiger charge is -2.37. The molecule has 80 valence electrons. The van der Waals surface area contributed by atoms with E-state index in [1.165, 1.54) is 38.5 Å². The van der Waals surface area contributed by atoms with E-state index in [-0.39, 0.29) is 0 Å². The quantitative estimate of drug-likeness (QED) is 0.530. The molecule has 15 heavy (non-hydrogen) atoms. The molecule has 2 atom stereocenters. The lowest BCUT2D eigenvalue weighted by atomic mass is 9.71. The molecule has 2 bridgehead atoms. The molecule has 0 amide bonds. The number of alkyl halides is 1. The second-order valence-corrected chi connectivity index (χ2v) is 7.62. The van der Waals surface area contributed by atoms with Crippen LogP contribution in [0.3, 0.4) is 0 Å². The first-order valence-electron chi connectivity index (χ1n) is 5.97.